The lowest BCUT2D eigenvalue weighted by Crippen LogP contribution is -2.54. The van der Waals surface area contributed by atoms with Crippen LogP contribution in [0.2, 0.25) is 0 Å². The molecule has 2 fully saturated rings. The van der Waals surface area contributed by atoms with Crippen molar-refractivity contribution in [3.63, 3.8) is 0 Å². The highest BCUT2D eigenvalue weighted by molar-refractivity contribution is 6.06. The molecule has 8 nitrogen and oxygen atoms in total. The van der Waals surface area contributed by atoms with Crippen molar-refractivity contribution in [2.45, 2.75) is 50.1 Å². The minimum Gasteiger partial charge on any atom is -0.481 e. The fraction of sp³-hybridized carbons (Fsp3) is 0.692. The number of aliphatic carboxylic acids is 1. The van der Waals surface area contributed by atoms with Crippen molar-refractivity contribution in [1.29, 1.82) is 0 Å². The number of rotatable bonds is 4. The summed E-state index contributed by atoms with van der Waals surface area (Å²) in [7, 11) is 1.37. The molecule has 2 rings (SSSR count). The molecule has 0 aromatic rings. The van der Waals surface area contributed by atoms with E-state index in [-0.39, 0.29) is 18.7 Å². The van der Waals surface area contributed by atoms with Crippen LogP contribution in [0.25, 0.3) is 0 Å². The van der Waals surface area contributed by atoms with E-state index in [2.05, 4.69) is 10.6 Å². The number of carbonyl (C=O) groups excluding carboxylic acids is 3. The second-order valence-electron chi connectivity index (χ2n) is 5.70. The topological polar surface area (TPSA) is 116 Å². The molecule has 0 bridgehead atoms. The molecule has 1 atom stereocenters. The van der Waals surface area contributed by atoms with E-state index in [1.807, 2.05) is 0 Å². The van der Waals surface area contributed by atoms with Crippen LogP contribution in [-0.2, 0) is 14.4 Å². The van der Waals surface area contributed by atoms with Gasteiger partial charge in [-0.2, -0.15) is 0 Å². The Hall–Kier alpha value is -2.12. The van der Waals surface area contributed by atoms with E-state index >= 15 is 0 Å². The molecule has 0 aromatic heterocycles. The minimum atomic E-state index is -0.968. The number of likely N-dealkylation sites (N-methyl/N-ethyl adjacent to an activating group) is 1. The number of nitrogens with zero attached hydrogens (tertiary/aromatic N) is 1. The standard InChI is InChI=1S/C13H19N3O5/c1-16-9(17)6-8(11(16)20)14-12(21)15-13(7-10(18)19)4-2-3-5-13/h8H,2-7H2,1H3,(H,18,19)(H2,14,15,21). The molecule has 8 heteroatoms. The van der Waals surface area contributed by atoms with Crippen molar-refractivity contribution in [1.82, 2.24) is 15.5 Å². The van der Waals surface area contributed by atoms with Crippen LogP contribution in [0.5, 0.6) is 0 Å². The minimum absolute atomic E-state index is 0.0608. The number of carboxylic acid groups (broad SMARTS) is 1. The van der Waals surface area contributed by atoms with Gasteiger partial charge in [-0.05, 0) is 12.8 Å². The van der Waals surface area contributed by atoms with Crippen LogP contribution >= 0.6 is 0 Å². The van der Waals surface area contributed by atoms with E-state index < -0.39 is 29.5 Å². The zero-order valence-electron chi connectivity index (χ0n) is 11.8. The molecule has 116 valence electrons. The number of carbonyl (C=O) groups is 4. The third kappa shape index (κ3) is 3.32. The molecule has 1 aliphatic heterocycles. The summed E-state index contributed by atoms with van der Waals surface area (Å²) >= 11 is 0. The van der Waals surface area contributed by atoms with Crippen LogP contribution in [0, 0.1) is 0 Å². The van der Waals surface area contributed by atoms with Gasteiger partial charge in [0.2, 0.25) is 5.91 Å². The Morgan fingerprint density at radius 1 is 1.33 bits per heavy atom. The van der Waals surface area contributed by atoms with Gasteiger partial charge in [0.1, 0.15) is 6.04 Å². The smallest absolute Gasteiger partial charge is 0.315 e. The van der Waals surface area contributed by atoms with Crippen LogP contribution in [0.4, 0.5) is 4.79 Å². The normalized spacial score (nSPS) is 24.2. The Morgan fingerprint density at radius 2 is 1.95 bits per heavy atom. The van der Waals surface area contributed by atoms with Crippen LogP contribution in [0.1, 0.15) is 38.5 Å². The highest BCUT2D eigenvalue weighted by Crippen LogP contribution is 2.32. The Bertz CT molecular complexity index is 484. The summed E-state index contributed by atoms with van der Waals surface area (Å²) in [6.07, 6.45) is 2.72. The number of nitrogens with one attached hydrogen (secondary N) is 2. The summed E-state index contributed by atoms with van der Waals surface area (Å²) in [5.74, 6) is -1.76. The van der Waals surface area contributed by atoms with Crippen molar-refractivity contribution in [2.24, 2.45) is 0 Å². The predicted molar refractivity (Wildman–Crippen MR) is 71.3 cm³/mol. The average Bonchev–Trinajstić information content (AvgIpc) is 2.90. The van der Waals surface area contributed by atoms with Crippen molar-refractivity contribution >= 4 is 23.8 Å². The third-order valence-corrected chi connectivity index (χ3v) is 4.12. The maximum Gasteiger partial charge on any atom is 0.315 e. The lowest BCUT2D eigenvalue weighted by atomic mass is 9.93. The van der Waals surface area contributed by atoms with E-state index in [0.29, 0.717) is 12.8 Å². The lowest BCUT2D eigenvalue weighted by molar-refractivity contribution is -0.139. The van der Waals surface area contributed by atoms with Gasteiger partial charge in [-0.1, -0.05) is 12.8 Å². The van der Waals surface area contributed by atoms with Gasteiger partial charge in [-0.15, -0.1) is 0 Å². The molecule has 0 aromatic carbocycles. The molecular weight excluding hydrogens is 278 g/mol. The van der Waals surface area contributed by atoms with Gasteiger partial charge in [-0.25, -0.2) is 4.79 Å². The molecule has 0 radical (unpaired) electrons. The van der Waals surface area contributed by atoms with Gasteiger partial charge in [0, 0.05) is 7.05 Å². The Labute approximate surface area is 121 Å². The first-order chi connectivity index (χ1) is 9.83. The van der Waals surface area contributed by atoms with Gasteiger partial charge in [0.15, 0.2) is 0 Å². The number of hydrogen-bond acceptors (Lipinski definition) is 4. The molecule has 3 N–H and O–H groups in total. The predicted octanol–water partition coefficient (Wildman–Crippen LogP) is -0.170. The first-order valence-electron chi connectivity index (χ1n) is 6.94. The largest absolute Gasteiger partial charge is 0.481 e. The Morgan fingerprint density at radius 3 is 2.43 bits per heavy atom. The second kappa shape index (κ2) is 5.71. The zero-order chi connectivity index (χ0) is 15.6. The Balaban J connectivity index is 1.96. The maximum atomic E-state index is 12.0. The van der Waals surface area contributed by atoms with Crippen molar-refractivity contribution in [2.75, 3.05) is 7.05 Å². The van der Waals surface area contributed by atoms with E-state index in [9.17, 15) is 19.2 Å². The molecule has 1 aliphatic carbocycles. The van der Waals surface area contributed by atoms with Crippen molar-refractivity contribution in [3.05, 3.63) is 0 Å². The van der Waals surface area contributed by atoms with Crippen molar-refractivity contribution < 1.29 is 24.3 Å². The van der Waals surface area contributed by atoms with Gasteiger partial charge in [0.05, 0.1) is 18.4 Å². The molecule has 21 heavy (non-hydrogen) atoms. The average molecular weight is 297 g/mol. The number of likely N-dealkylation sites (tertiary alicyclic amines) is 1. The van der Waals surface area contributed by atoms with Crippen LogP contribution < -0.4 is 10.6 Å². The quantitative estimate of drug-likeness (QED) is 0.623. The summed E-state index contributed by atoms with van der Waals surface area (Å²) in [4.78, 5) is 47.0. The number of hydrogen-bond donors (Lipinski definition) is 3. The first kappa shape index (κ1) is 15.3. The molecule has 1 saturated heterocycles. The highest BCUT2D eigenvalue weighted by atomic mass is 16.4. The van der Waals surface area contributed by atoms with E-state index in [0.717, 1.165) is 17.7 Å². The fourth-order valence-electron chi connectivity index (χ4n) is 2.99. The lowest BCUT2D eigenvalue weighted by Gasteiger charge is -2.29. The number of carboxylic acids is 1. The SMILES string of the molecule is CN1C(=O)CC(NC(=O)NC2(CC(=O)O)CCCC2)C1=O. The van der Waals surface area contributed by atoms with Crippen LogP contribution in [0.3, 0.4) is 0 Å². The van der Waals surface area contributed by atoms with Crippen LogP contribution in [-0.4, -0.2) is 52.4 Å². The number of amides is 4. The van der Waals surface area contributed by atoms with Gasteiger partial charge < -0.3 is 15.7 Å². The summed E-state index contributed by atoms with van der Waals surface area (Å²) in [6, 6.07) is -1.47. The highest BCUT2D eigenvalue weighted by Gasteiger charge is 2.40. The molecule has 4 amide bonds. The third-order valence-electron chi connectivity index (χ3n) is 4.12. The zero-order valence-corrected chi connectivity index (χ0v) is 11.8. The van der Waals surface area contributed by atoms with Gasteiger partial charge >= 0.3 is 12.0 Å². The van der Waals surface area contributed by atoms with E-state index in [4.69, 9.17) is 5.11 Å². The molecular formula is C13H19N3O5. The number of urea groups is 1. The molecule has 0 spiro atoms. The monoisotopic (exact) mass is 297 g/mol. The summed E-state index contributed by atoms with van der Waals surface area (Å²) in [6.45, 7) is 0. The molecule has 1 heterocycles. The second-order valence-corrected chi connectivity index (χ2v) is 5.70. The van der Waals surface area contributed by atoms with E-state index in [1.165, 1.54) is 7.05 Å². The van der Waals surface area contributed by atoms with Gasteiger partial charge in [-0.3, -0.25) is 19.3 Å². The summed E-state index contributed by atoms with van der Waals surface area (Å²) in [5, 5.41) is 14.1. The maximum absolute atomic E-state index is 12.0. The first-order valence-corrected chi connectivity index (χ1v) is 6.94. The molecule has 1 saturated carbocycles. The number of imide groups is 1. The fourth-order valence-corrected chi connectivity index (χ4v) is 2.99. The summed E-state index contributed by atoms with van der Waals surface area (Å²) in [5.41, 5.74) is -0.756. The Kier molecular flexibility index (Phi) is 4.15. The van der Waals surface area contributed by atoms with Gasteiger partial charge in [0.25, 0.3) is 5.91 Å². The molecule has 1 unspecified atom stereocenters. The van der Waals surface area contributed by atoms with E-state index in [1.54, 1.807) is 0 Å². The van der Waals surface area contributed by atoms with Crippen molar-refractivity contribution in [3.8, 4) is 0 Å². The summed E-state index contributed by atoms with van der Waals surface area (Å²) < 4.78 is 0. The van der Waals surface area contributed by atoms with Crippen LogP contribution in [0.15, 0.2) is 0 Å². The molecule has 2 aliphatic rings.